The van der Waals surface area contributed by atoms with Crippen molar-refractivity contribution in [1.82, 2.24) is 0 Å². The highest BCUT2D eigenvalue weighted by atomic mass is 16.3. The number of rotatable bonds is 2. The highest BCUT2D eigenvalue weighted by Crippen LogP contribution is 2.25. The minimum absolute atomic E-state index is 0.0402. The molecule has 0 fully saturated rings. The molecule has 0 unspecified atom stereocenters. The number of Topliss-reactive ketones (excluding diaryl/α,β-unsaturated/α-hetero) is 1. The van der Waals surface area contributed by atoms with E-state index in [1.165, 1.54) is 0 Å². The summed E-state index contributed by atoms with van der Waals surface area (Å²) < 4.78 is 5.54. The van der Waals surface area contributed by atoms with Crippen molar-refractivity contribution in [2.45, 2.75) is 13.8 Å². The topological polar surface area (TPSA) is 30.2 Å². The molecule has 0 atom stereocenters. The molecule has 0 saturated heterocycles. The molecule has 1 aromatic heterocycles. The van der Waals surface area contributed by atoms with E-state index in [1.54, 1.807) is 13.0 Å². The molecule has 0 bridgehead atoms. The number of aryl methyl sites for hydroxylation is 1. The molecule has 2 rings (SSSR count). The average molecular weight is 200 g/mol. The van der Waals surface area contributed by atoms with E-state index >= 15 is 0 Å². The molecule has 0 radical (unpaired) electrons. The van der Waals surface area contributed by atoms with Crippen molar-refractivity contribution < 1.29 is 9.21 Å². The van der Waals surface area contributed by atoms with Crippen molar-refractivity contribution in [3.05, 3.63) is 47.7 Å². The molecule has 0 aliphatic rings. The Morgan fingerprint density at radius 1 is 1.20 bits per heavy atom. The van der Waals surface area contributed by atoms with Crippen molar-refractivity contribution in [3.63, 3.8) is 0 Å². The van der Waals surface area contributed by atoms with Crippen LogP contribution in [0.1, 0.15) is 23.0 Å². The number of carbonyl (C=O) groups is 1. The van der Waals surface area contributed by atoms with E-state index in [0.717, 1.165) is 11.3 Å². The first kappa shape index (κ1) is 9.71. The Morgan fingerprint density at radius 3 is 2.40 bits per heavy atom. The number of hydrogen-bond donors (Lipinski definition) is 0. The minimum atomic E-state index is 0.0402. The normalized spacial score (nSPS) is 10.3. The van der Waals surface area contributed by atoms with Gasteiger partial charge >= 0.3 is 0 Å². The summed E-state index contributed by atoms with van der Waals surface area (Å²) in [4.78, 5) is 11.3. The van der Waals surface area contributed by atoms with Crippen LogP contribution in [0.3, 0.4) is 0 Å². The zero-order valence-electron chi connectivity index (χ0n) is 8.78. The highest BCUT2D eigenvalue weighted by Gasteiger charge is 2.11. The van der Waals surface area contributed by atoms with Gasteiger partial charge in [0.25, 0.3) is 0 Å². The van der Waals surface area contributed by atoms with Crippen LogP contribution in [0.25, 0.3) is 11.3 Å². The zero-order valence-corrected chi connectivity index (χ0v) is 8.78. The number of furan rings is 1. The molecule has 2 nitrogen and oxygen atoms in total. The second-order valence-corrected chi connectivity index (χ2v) is 3.50. The molecule has 0 amide bonds. The molecule has 0 spiro atoms. The molecular formula is C13H12O2. The van der Waals surface area contributed by atoms with Crippen molar-refractivity contribution >= 4 is 5.78 Å². The van der Waals surface area contributed by atoms with Gasteiger partial charge in [-0.15, -0.1) is 0 Å². The second kappa shape index (κ2) is 3.73. The molecule has 0 N–H and O–H groups in total. The second-order valence-electron chi connectivity index (χ2n) is 3.50. The largest absolute Gasteiger partial charge is 0.461 e. The van der Waals surface area contributed by atoms with Gasteiger partial charge in [0, 0.05) is 5.56 Å². The van der Waals surface area contributed by atoms with Gasteiger partial charge in [0.2, 0.25) is 0 Å². The monoisotopic (exact) mass is 200 g/mol. The van der Waals surface area contributed by atoms with E-state index in [-0.39, 0.29) is 5.78 Å². The van der Waals surface area contributed by atoms with E-state index < -0.39 is 0 Å². The summed E-state index contributed by atoms with van der Waals surface area (Å²) in [6.45, 7) is 3.36. The molecule has 2 aromatic rings. The number of hydrogen-bond acceptors (Lipinski definition) is 2. The van der Waals surface area contributed by atoms with Crippen LogP contribution in [-0.4, -0.2) is 5.78 Å². The maximum absolute atomic E-state index is 11.3. The van der Waals surface area contributed by atoms with Crippen molar-refractivity contribution in [2.75, 3.05) is 0 Å². The SMILES string of the molecule is CC(=O)c1cc(-c2ccccc2)oc1C. The molecule has 0 aliphatic heterocycles. The molecular weight excluding hydrogens is 188 g/mol. The van der Waals surface area contributed by atoms with Gasteiger partial charge in [-0.05, 0) is 19.9 Å². The lowest BCUT2D eigenvalue weighted by molar-refractivity contribution is 0.101. The minimum Gasteiger partial charge on any atom is -0.461 e. The first-order valence-electron chi connectivity index (χ1n) is 4.85. The number of carbonyl (C=O) groups excluding carboxylic acids is 1. The van der Waals surface area contributed by atoms with E-state index in [9.17, 15) is 4.79 Å². The van der Waals surface area contributed by atoms with Gasteiger partial charge in [-0.25, -0.2) is 0 Å². The lowest BCUT2D eigenvalue weighted by atomic mass is 10.1. The predicted molar refractivity (Wildman–Crippen MR) is 58.9 cm³/mol. The molecule has 1 aromatic carbocycles. The van der Waals surface area contributed by atoms with Crippen molar-refractivity contribution in [3.8, 4) is 11.3 Å². The molecule has 76 valence electrons. The van der Waals surface area contributed by atoms with Crippen LogP contribution in [0.2, 0.25) is 0 Å². The zero-order chi connectivity index (χ0) is 10.8. The maximum Gasteiger partial charge on any atom is 0.163 e. The Balaban J connectivity index is 2.48. The summed E-state index contributed by atoms with van der Waals surface area (Å²) in [6.07, 6.45) is 0. The Bertz CT molecular complexity index is 480. The van der Waals surface area contributed by atoms with Gasteiger partial charge in [0.15, 0.2) is 5.78 Å². The van der Waals surface area contributed by atoms with Crippen molar-refractivity contribution in [1.29, 1.82) is 0 Å². The summed E-state index contributed by atoms with van der Waals surface area (Å²) in [7, 11) is 0. The number of ketones is 1. The molecule has 1 heterocycles. The summed E-state index contributed by atoms with van der Waals surface area (Å²) >= 11 is 0. The summed E-state index contributed by atoms with van der Waals surface area (Å²) in [5, 5.41) is 0. The Morgan fingerprint density at radius 2 is 1.87 bits per heavy atom. The van der Waals surface area contributed by atoms with Crippen LogP contribution >= 0.6 is 0 Å². The predicted octanol–water partition coefficient (Wildman–Crippen LogP) is 3.46. The molecule has 0 saturated carbocycles. The van der Waals surface area contributed by atoms with Gasteiger partial charge in [-0.2, -0.15) is 0 Å². The van der Waals surface area contributed by atoms with Gasteiger partial charge in [-0.1, -0.05) is 30.3 Å². The van der Waals surface area contributed by atoms with Crippen LogP contribution in [-0.2, 0) is 0 Å². The fraction of sp³-hybridized carbons (Fsp3) is 0.154. The molecule has 0 aliphatic carbocycles. The third-order valence-electron chi connectivity index (χ3n) is 2.36. The third-order valence-corrected chi connectivity index (χ3v) is 2.36. The Labute approximate surface area is 88.5 Å². The fourth-order valence-electron chi connectivity index (χ4n) is 1.58. The summed E-state index contributed by atoms with van der Waals surface area (Å²) in [5.41, 5.74) is 1.65. The quantitative estimate of drug-likeness (QED) is 0.695. The first-order valence-corrected chi connectivity index (χ1v) is 4.85. The lowest BCUT2D eigenvalue weighted by Gasteiger charge is -1.93. The lowest BCUT2D eigenvalue weighted by Crippen LogP contribution is -1.90. The van der Waals surface area contributed by atoms with E-state index in [0.29, 0.717) is 11.3 Å². The summed E-state index contributed by atoms with van der Waals surface area (Å²) in [5.74, 6) is 1.47. The van der Waals surface area contributed by atoms with Gasteiger partial charge < -0.3 is 4.42 Å². The van der Waals surface area contributed by atoms with Crippen LogP contribution in [0.15, 0.2) is 40.8 Å². The van der Waals surface area contributed by atoms with Gasteiger partial charge in [-0.3, -0.25) is 4.79 Å². The van der Waals surface area contributed by atoms with Crippen molar-refractivity contribution in [2.24, 2.45) is 0 Å². The molecule has 15 heavy (non-hydrogen) atoms. The van der Waals surface area contributed by atoms with Crippen LogP contribution in [0.5, 0.6) is 0 Å². The van der Waals surface area contributed by atoms with Gasteiger partial charge in [0.1, 0.15) is 11.5 Å². The van der Waals surface area contributed by atoms with Crippen LogP contribution < -0.4 is 0 Å². The highest BCUT2D eigenvalue weighted by molar-refractivity contribution is 5.96. The van der Waals surface area contributed by atoms with E-state index in [1.807, 2.05) is 37.3 Å². The van der Waals surface area contributed by atoms with Gasteiger partial charge in [0.05, 0.1) is 5.56 Å². The third kappa shape index (κ3) is 1.84. The Kier molecular flexibility index (Phi) is 2.42. The Hall–Kier alpha value is -1.83. The van der Waals surface area contributed by atoms with E-state index in [2.05, 4.69) is 0 Å². The summed E-state index contributed by atoms with van der Waals surface area (Å²) in [6, 6.07) is 11.6. The first-order chi connectivity index (χ1) is 7.18. The number of benzene rings is 1. The maximum atomic E-state index is 11.3. The smallest absolute Gasteiger partial charge is 0.163 e. The van der Waals surface area contributed by atoms with E-state index in [4.69, 9.17) is 4.42 Å². The standard InChI is InChI=1S/C13H12O2/c1-9(14)12-8-13(15-10(12)2)11-6-4-3-5-7-11/h3-8H,1-2H3. The fourth-order valence-corrected chi connectivity index (χ4v) is 1.58. The van der Waals surface area contributed by atoms with Crippen LogP contribution in [0.4, 0.5) is 0 Å². The average Bonchev–Trinajstić information content (AvgIpc) is 2.62. The van der Waals surface area contributed by atoms with Crippen LogP contribution in [0, 0.1) is 6.92 Å². The molecule has 2 heteroatoms.